The average molecular weight is 568 g/mol. The molecule has 0 amide bonds. The van der Waals surface area contributed by atoms with Crippen molar-refractivity contribution in [3.8, 4) is 22.5 Å². The summed E-state index contributed by atoms with van der Waals surface area (Å²) in [7, 11) is 0. The second-order valence-corrected chi connectivity index (χ2v) is 21.9. The molecule has 0 atom stereocenters. The van der Waals surface area contributed by atoms with Crippen LogP contribution in [0, 0.1) is 13.8 Å². The zero-order valence-electron chi connectivity index (χ0n) is 22.8. The van der Waals surface area contributed by atoms with Crippen molar-refractivity contribution in [3.05, 3.63) is 96.3 Å². The molecule has 0 saturated carbocycles. The minimum absolute atomic E-state index is 0.635. The molecule has 4 aromatic carbocycles. The molecule has 0 unspecified atom stereocenters. The van der Waals surface area contributed by atoms with Crippen LogP contribution in [0.5, 0.6) is 0 Å². The van der Waals surface area contributed by atoms with Crippen molar-refractivity contribution in [2.24, 2.45) is 0 Å². The molecule has 3 heterocycles. The van der Waals surface area contributed by atoms with Crippen LogP contribution in [0.1, 0.15) is 11.1 Å². The number of fused-ring (bicyclic) bond motifs is 6. The van der Waals surface area contributed by atoms with Gasteiger partial charge < -0.3 is 0 Å². The summed E-state index contributed by atoms with van der Waals surface area (Å²) in [6.07, 6.45) is 1.70. The first kappa shape index (κ1) is 24.0. The van der Waals surface area contributed by atoms with Crippen molar-refractivity contribution >= 4 is 61.4 Å². The zero-order valence-corrected chi connectivity index (χ0v) is 24.9. The predicted octanol–water partition coefficient (Wildman–Crippen LogP) is 8.57. The van der Waals surface area contributed by atoms with Gasteiger partial charge >= 0.3 is 195 Å². The van der Waals surface area contributed by atoms with E-state index in [1.807, 2.05) is 18.2 Å². The predicted molar refractivity (Wildman–Crippen MR) is 165 cm³/mol. The molecule has 39 heavy (non-hydrogen) atoms. The van der Waals surface area contributed by atoms with Gasteiger partial charge in [0.15, 0.2) is 0 Å². The number of hydrogen-bond donors (Lipinski definition) is 0. The molecule has 7 rings (SSSR count). The molecular weight excluding hydrogens is 539 g/mol. The molecule has 0 saturated heterocycles. The van der Waals surface area contributed by atoms with E-state index < -0.39 is 13.3 Å². The van der Waals surface area contributed by atoms with Gasteiger partial charge in [-0.2, -0.15) is 0 Å². The molecule has 7 aromatic rings. The van der Waals surface area contributed by atoms with E-state index in [0.717, 1.165) is 49.8 Å². The van der Waals surface area contributed by atoms with Gasteiger partial charge in [0, 0.05) is 5.56 Å². The van der Waals surface area contributed by atoms with Gasteiger partial charge in [0.2, 0.25) is 0 Å². The molecule has 0 aliphatic rings. The van der Waals surface area contributed by atoms with Gasteiger partial charge in [0.05, 0.1) is 0 Å². The van der Waals surface area contributed by atoms with Crippen molar-refractivity contribution in [2.45, 2.75) is 31.1 Å². The van der Waals surface area contributed by atoms with Crippen LogP contribution in [0.15, 0.2) is 89.6 Å². The van der Waals surface area contributed by atoms with Crippen LogP contribution in [0.2, 0.25) is 17.3 Å². The standard InChI is InChI=1S/C34H29GeN3O/c1-20-18-23-14-15-26-31(36-19-37-32(26)29(23)21(2)30(20)35(3,4)5)27-13-9-12-24-25-16-17-28(22-10-7-6-8-11-22)38-34(25)39-33(24)27/h6-19H,1-5H3. The van der Waals surface area contributed by atoms with Crippen LogP contribution in [-0.4, -0.2) is 28.2 Å². The minimum atomic E-state index is -2.11. The Bertz CT molecular complexity index is 2070. The van der Waals surface area contributed by atoms with Crippen LogP contribution in [0.4, 0.5) is 0 Å². The van der Waals surface area contributed by atoms with E-state index in [2.05, 4.69) is 91.8 Å². The Balaban J connectivity index is 1.49. The third kappa shape index (κ3) is 3.77. The second kappa shape index (κ2) is 8.75. The fraction of sp³-hybridized carbons (Fsp3) is 0.147. The normalized spacial score (nSPS) is 12.2. The number of pyridine rings is 1. The van der Waals surface area contributed by atoms with Crippen molar-refractivity contribution in [1.82, 2.24) is 15.0 Å². The average Bonchev–Trinajstić information content (AvgIpc) is 3.30. The van der Waals surface area contributed by atoms with E-state index >= 15 is 0 Å². The SMILES string of the molecule is Cc1cc2ccc3c(-c4cccc5c4oc4nc(-c6ccccc6)ccc45)ncnc3c2c(C)[c]1[Ge]([CH3])([CH3])[CH3]. The van der Waals surface area contributed by atoms with E-state index in [1.54, 1.807) is 10.7 Å². The van der Waals surface area contributed by atoms with Crippen molar-refractivity contribution in [2.75, 3.05) is 0 Å². The first-order valence-electron chi connectivity index (χ1n) is 13.4. The Morgan fingerprint density at radius 1 is 0.744 bits per heavy atom. The number of para-hydroxylation sites is 1. The van der Waals surface area contributed by atoms with Crippen LogP contribution in [0.25, 0.3) is 66.3 Å². The molecule has 0 bridgehead atoms. The van der Waals surface area contributed by atoms with Crippen LogP contribution in [-0.2, 0) is 0 Å². The van der Waals surface area contributed by atoms with E-state index in [1.165, 1.54) is 21.9 Å². The number of nitrogens with zero attached hydrogens (tertiary/aromatic N) is 3. The van der Waals surface area contributed by atoms with Crippen LogP contribution < -0.4 is 4.40 Å². The van der Waals surface area contributed by atoms with Crippen LogP contribution >= 0.6 is 0 Å². The van der Waals surface area contributed by atoms with E-state index in [0.29, 0.717) is 5.71 Å². The zero-order chi connectivity index (χ0) is 26.9. The second-order valence-electron chi connectivity index (χ2n) is 11.4. The van der Waals surface area contributed by atoms with E-state index in [9.17, 15) is 0 Å². The van der Waals surface area contributed by atoms with Gasteiger partial charge in [-0.3, -0.25) is 0 Å². The van der Waals surface area contributed by atoms with Crippen molar-refractivity contribution < 1.29 is 4.42 Å². The fourth-order valence-electron chi connectivity index (χ4n) is 6.39. The Morgan fingerprint density at radius 3 is 2.33 bits per heavy atom. The Kier molecular flexibility index (Phi) is 5.39. The molecule has 0 aliphatic heterocycles. The summed E-state index contributed by atoms with van der Waals surface area (Å²) in [5, 5.41) is 5.55. The summed E-state index contributed by atoms with van der Waals surface area (Å²) >= 11 is -2.11. The first-order valence-corrected chi connectivity index (χ1v) is 20.7. The van der Waals surface area contributed by atoms with Gasteiger partial charge in [-0.15, -0.1) is 0 Å². The number of hydrogen-bond acceptors (Lipinski definition) is 4. The number of furan rings is 1. The molecule has 4 nitrogen and oxygen atoms in total. The van der Waals surface area contributed by atoms with Gasteiger partial charge in [0.1, 0.15) is 0 Å². The maximum atomic E-state index is 6.48. The van der Waals surface area contributed by atoms with Crippen LogP contribution in [0.3, 0.4) is 0 Å². The Hall–Kier alpha value is -4.03. The molecule has 0 radical (unpaired) electrons. The number of rotatable bonds is 3. The van der Waals surface area contributed by atoms with E-state index in [4.69, 9.17) is 19.4 Å². The molecule has 0 spiro atoms. The third-order valence-electron chi connectivity index (χ3n) is 7.79. The monoisotopic (exact) mass is 569 g/mol. The van der Waals surface area contributed by atoms with Gasteiger partial charge in [-0.1, -0.05) is 30.3 Å². The molecule has 3 aromatic heterocycles. The molecule has 0 fully saturated rings. The van der Waals surface area contributed by atoms with Gasteiger partial charge in [0.25, 0.3) is 0 Å². The number of benzene rings is 4. The molecule has 190 valence electrons. The fourth-order valence-corrected chi connectivity index (χ4v) is 11.6. The quantitative estimate of drug-likeness (QED) is 0.158. The van der Waals surface area contributed by atoms with Crippen molar-refractivity contribution in [3.63, 3.8) is 0 Å². The number of aromatic nitrogens is 3. The maximum absolute atomic E-state index is 6.48. The molecule has 0 N–H and O–H groups in total. The number of aryl methyl sites for hydroxylation is 2. The third-order valence-corrected chi connectivity index (χ3v) is 12.6. The summed E-state index contributed by atoms with van der Waals surface area (Å²) in [6.45, 7) is 4.53. The van der Waals surface area contributed by atoms with E-state index in [-0.39, 0.29) is 0 Å². The summed E-state index contributed by atoms with van der Waals surface area (Å²) in [5.41, 5.74) is 9.01. The Labute approximate surface area is 230 Å². The molecular formula is C34H29GeN3O. The first-order chi connectivity index (χ1) is 18.8. The summed E-state index contributed by atoms with van der Waals surface area (Å²) < 4.78 is 8.04. The van der Waals surface area contributed by atoms with Crippen molar-refractivity contribution in [1.29, 1.82) is 0 Å². The summed E-state index contributed by atoms with van der Waals surface area (Å²) in [5.74, 6) is 7.39. The topological polar surface area (TPSA) is 51.8 Å². The Morgan fingerprint density at radius 2 is 1.54 bits per heavy atom. The van der Waals surface area contributed by atoms with Gasteiger partial charge in [-0.05, 0) is 0 Å². The molecule has 0 aliphatic carbocycles. The molecule has 5 heteroatoms. The summed E-state index contributed by atoms with van der Waals surface area (Å²) in [6, 6.07) is 27.4. The summed E-state index contributed by atoms with van der Waals surface area (Å²) in [4.78, 5) is 14.5. The van der Waals surface area contributed by atoms with Gasteiger partial charge in [-0.25, -0.2) is 0 Å².